The molecule has 0 N–H and O–H groups in total. The molecule has 3 aromatic heterocycles. The second kappa shape index (κ2) is 3.19. The van der Waals surface area contributed by atoms with Gasteiger partial charge in [0.1, 0.15) is 0 Å². The SMILES string of the molecule is CCc1ccc2c(c1)n1nnnc1c1nnnn21. The Hall–Kier alpha value is -2.64. The molecule has 8 heteroatoms. The largest absolute Gasteiger partial charge is 0.226 e. The highest BCUT2D eigenvalue weighted by molar-refractivity contribution is 5.84. The van der Waals surface area contributed by atoms with Crippen LogP contribution in [0, 0.1) is 0 Å². The molecule has 0 atom stereocenters. The number of nitrogens with zero attached hydrogens (tertiary/aromatic N) is 8. The van der Waals surface area contributed by atoms with Crippen LogP contribution >= 0.6 is 0 Å². The van der Waals surface area contributed by atoms with Crippen molar-refractivity contribution >= 4 is 22.3 Å². The molecular weight excluding hydrogens is 232 g/mol. The van der Waals surface area contributed by atoms with Crippen molar-refractivity contribution in [2.24, 2.45) is 0 Å². The minimum Gasteiger partial charge on any atom is -0.188 e. The predicted molar refractivity (Wildman–Crippen MR) is 62.0 cm³/mol. The quantitative estimate of drug-likeness (QED) is 0.475. The fourth-order valence-electron chi connectivity index (χ4n) is 2.12. The summed E-state index contributed by atoms with van der Waals surface area (Å²) >= 11 is 0. The molecule has 0 aliphatic heterocycles. The number of aromatic nitrogens is 8. The lowest BCUT2D eigenvalue weighted by atomic mass is 10.1. The van der Waals surface area contributed by atoms with Crippen molar-refractivity contribution in [3.63, 3.8) is 0 Å². The first kappa shape index (κ1) is 9.40. The fraction of sp³-hybridized carbons (Fsp3) is 0.200. The van der Waals surface area contributed by atoms with Gasteiger partial charge in [0.2, 0.25) is 11.3 Å². The molecular formula is C10H8N8. The van der Waals surface area contributed by atoms with Gasteiger partial charge in [0.25, 0.3) is 0 Å². The smallest absolute Gasteiger partial charge is 0.188 e. The minimum absolute atomic E-state index is 0.553. The number of hydrogen-bond acceptors (Lipinski definition) is 6. The number of aryl methyl sites for hydroxylation is 1. The van der Waals surface area contributed by atoms with Crippen molar-refractivity contribution in [1.82, 2.24) is 40.1 Å². The third kappa shape index (κ3) is 1.04. The van der Waals surface area contributed by atoms with Crippen LogP contribution < -0.4 is 0 Å². The molecule has 88 valence electrons. The van der Waals surface area contributed by atoms with Crippen LogP contribution in [-0.4, -0.2) is 40.1 Å². The molecule has 0 bridgehead atoms. The van der Waals surface area contributed by atoms with Crippen LogP contribution in [0.15, 0.2) is 18.2 Å². The maximum atomic E-state index is 4.00. The molecule has 0 saturated carbocycles. The van der Waals surface area contributed by atoms with E-state index in [0.717, 1.165) is 17.5 Å². The summed E-state index contributed by atoms with van der Waals surface area (Å²) < 4.78 is 3.32. The first-order valence-electron chi connectivity index (χ1n) is 5.59. The van der Waals surface area contributed by atoms with Crippen molar-refractivity contribution in [2.45, 2.75) is 13.3 Å². The van der Waals surface area contributed by atoms with Gasteiger partial charge in [-0.3, -0.25) is 0 Å². The van der Waals surface area contributed by atoms with Gasteiger partial charge in [0.15, 0.2) is 0 Å². The van der Waals surface area contributed by atoms with Gasteiger partial charge in [-0.05, 0) is 45.0 Å². The molecule has 4 rings (SSSR count). The van der Waals surface area contributed by atoms with E-state index in [0.29, 0.717) is 11.3 Å². The van der Waals surface area contributed by atoms with Gasteiger partial charge in [-0.1, -0.05) is 13.0 Å². The van der Waals surface area contributed by atoms with Crippen LogP contribution in [0.1, 0.15) is 12.5 Å². The molecule has 0 amide bonds. The van der Waals surface area contributed by atoms with E-state index < -0.39 is 0 Å². The van der Waals surface area contributed by atoms with Gasteiger partial charge in [-0.15, -0.1) is 10.2 Å². The third-order valence-corrected chi connectivity index (χ3v) is 3.04. The van der Waals surface area contributed by atoms with E-state index in [1.54, 1.807) is 9.03 Å². The first-order chi connectivity index (χ1) is 8.88. The molecule has 0 spiro atoms. The molecule has 0 unspecified atom stereocenters. The highest BCUT2D eigenvalue weighted by Gasteiger charge is 2.13. The summed E-state index contributed by atoms with van der Waals surface area (Å²) in [6, 6.07) is 6.10. The van der Waals surface area contributed by atoms with Crippen LogP contribution in [0.3, 0.4) is 0 Å². The Balaban J connectivity index is 2.35. The van der Waals surface area contributed by atoms with Crippen LogP contribution in [0.25, 0.3) is 22.3 Å². The monoisotopic (exact) mass is 240 g/mol. The molecule has 8 nitrogen and oxygen atoms in total. The van der Waals surface area contributed by atoms with Gasteiger partial charge in [0.05, 0.1) is 11.0 Å². The molecule has 18 heavy (non-hydrogen) atoms. The van der Waals surface area contributed by atoms with Crippen LogP contribution in [-0.2, 0) is 6.42 Å². The van der Waals surface area contributed by atoms with Gasteiger partial charge in [-0.2, -0.15) is 9.03 Å². The van der Waals surface area contributed by atoms with Gasteiger partial charge in [0, 0.05) is 0 Å². The number of fused-ring (bicyclic) bond motifs is 6. The Morgan fingerprint density at radius 1 is 0.944 bits per heavy atom. The molecule has 4 aromatic rings. The van der Waals surface area contributed by atoms with E-state index in [9.17, 15) is 0 Å². The molecule has 0 saturated heterocycles. The Kier molecular flexibility index (Phi) is 1.66. The predicted octanol–water partition coefficient (Wildman–Crippen LogP) is 0.278. The van der Waals surface area contributed by atoms with Crippen LogP contribution in [0.5, 0.6) is 0 Å². The lowest BCUT2D eigenvalue weighted by Gasteiger charge is -2.03. The third-order valence-electron chi connectivity index (χ3n) is 3.04. The number of benzene rings is 1. The van der Waals surface area contributed by atoms with Crippen molar-refractivity contribution < 1.29 is 0 Å². The Bertz CT molecular complexity index is 873. The lowest BCUT2D eigenvalue weighted by molar-refractivity contribution is 0.826. The lowest BCUT2D eigenvalue weighted by Crippen LogP contribution is -2.00. The van der Waals surface area contributed by atoms with E-state index in [4.69, 9.17) is 0 Å². The zero-order valence-electron chi connectivity index (χ0n) is 9.52. The first-order valence-corrected chi connectivity index (χ1v) is 5.59. The summed E-state index contributed by atoms with van der Waals surface area (Å²) in [7, 11) is 0. The van der Waals surface area contributed by atoms with Crippen molar-refractivity contribution in [2.75, 3.05) is 0 Å². The summed E-state index contributed by atoms with van der Waals surface area (Å²) in [5, 5.41) is 23.3. The zero-order chi connectivity index (χ0) is 12.1. The van der Waals surface area contributed by atoms with Gasteiger partial charge < -0.3 is 0 Å². The molecule has 3 heterocycles. The average molecular weight is 240 g/mol. The van der Waals surface area contributed by atoms with Crippen LogP contribution in [0.4, 0.5) is 0 Å². The summed E-state index contributed by atoms with van der Waals surface area (Å²) in [6.45, 7) is 2.10. The van der Waals surface area contributed by atoms with Gasteiger partial charge >= 0.3 is 0 Å². The van der Waals surface area contributed by atoms with E-state index in [-0.39, 0.29) is 0 Å². The summed E-state index contributed by atoms with van der Waals surface area (Å²) in [4.78, 5) is 0. The summed E-state index contributed by atoms with van der Waals surface area (Å²) in [5.74, 6) is 0. The Morgan fingerprint density at radius 3 is 2.28 bits per heavy atom. The van der Waals surface area contributed by atoms with E-state index in [1.165, 1.54) is 5.56 Å². The number of tetrazole rings is 2. The minimum atomic E-state index is 0.553. The van der Waals surface area contributed by atoms with E-state index in [2.05, 4.69) is 50.1 Å². The Morgan fingerprint density at radius 2 is 1.61 bits per heavy atom. The second-order valence-corrected chi connectivity index (χ2v) is 4.01. The number of hydrogen-bond donors (Lipinski definition) is 0. The van der Waals surface area contributed by atoms with Crippen molar-refractivity contribution in [3.8, 4) is 0 Å². The normalized spacial score (nSPS) is 11.8. The molecule has 0 fully saturated rings. The summed E-state index contributed by atoms with van der Waals surface area (Å²) in [6.07, 6.45) is 0.952. The highest BCUT2D eigenvalue weighted by atomic mass is 15.6. The standard InChI is InChI=1S/C10H8N8/c1-2-6-3-4-7-8(5-6)18-10(12-14-16-18)9-11-13-15-17(7)9/h3-5H,2H2,1H3. The maximum absolute atomic E-state index is 4.00. The second-order valence-electron chi connectivity index (χ2n) is 4.01. The van der Waals surface area contributed by atoms with Crippen LogP contribution in [0.2, 0.25) is 0 Å². The Labute approximate surface area is 100 Å². The highest BCUT2D eigenvalue weighted by Crippen LogP contribution is 2.19. The molecule has 0 radical (unpaired) electrons. The summed E-state index contributed by atoms with van der Waals surface area (Å²) in [5.41, 5.74) is 4.10. The fourth-order valence-corrected chi connectivity index (χ4v) is 2.12. The molecule has 0 aliphatic carbocycles. The van der Waals surface area contributed by atoms with Crippen molar-refractivity contribution in [3.05, 3.63) is 23.8 Å². The van der Waals surface area contributed by atoms with E-state index >= 15 is 0 Å². The molecule has 1 aromatic carbocycles. The van der Waals surface area contributed by atoms with E-state index in [1.807, 2.05) is 6.07 Å². The zero-order valence-corrected chi connectivity index (χ0v) is 9.52. The number of rotatable bonds is 1. The maximum Gasteiger partial charge on any atom is 0.226 e. The topological polar surface area (TPSA) is 86.2 Å². The van der Waals surface area contributed by atoms with Crippen molar-refractivity contribution in [1.29, 1.82) is 0 Å². The average Bonchev–Trinajstić information content (AvgIpc) is 3.06. The van der Waals surface area contributed by atoms with Gasteiger partial charge in [-0.25, -0.2) is 0 Å². The molecule has 0 aliphatic rings.